The smallest absolute Gasteiger partial charge is 0.0652 e. The lowest BCUT2D eigenvalue weighted by molar-refractivity contribution is 1.10. The van der Waals surface area contributed by atoms with Crippen LogP contribution in [-0.2, 0) is 0 Å². The third kappa shape index (κ3) is 2.08. The van der Waals surface area contributed by atoms with Gasteiger partial charge < -0.3 is 4.90 Å². The molecule has 0 N–H and O–H groups in total. The minimum atomic E-state index is 1.13. The molecule has 0 spiro atoms. The van der Waals surface area contributed by atoms with Crippen LogP contribution in [0.15, 0.2) is 15.0 Å². The van der Waals surface area contributed by atoms with Gasteiger partial charge in [0.2, 0.25) is 0 Å². The molecule has 72 valence electrons. The average Bonchev–Trinajstić information content (AvgIpc) is 1.99. The molecule has 1 aromatic rings. The maximum atomic E-state index is 3.61. The van der Waals surface area contributed by atoms with Crippen LogP contribution in [0.3, 0.4) is 0 Å². The number of halogens is 2. The molecule has 0 aromatic heterocycles. The summed E-state index contributed by atoms with van der Waals surface area (Å²) >= 11 is 7.17. The molecular weight excluding hydrogens is 294 g/mol. The highest BCUT2D eigenvalue weighted by atomic mass is 79.9. The van der Waals surface area contributed by atoms with E-state index in [-0.39, 0.29) is 0 Å². The summed E-state index contributed by atoms with van der Waals surface area (Å²) in [5.41, 5.74) is 3.79. The molecule has 0 unspecified atom stereocenters. The van der Waals surface area contributed by atoms with Gasteiger partial charge in [0.25, 0.3) is 0 Å². The molecule has 0 heterocycles. The number of hydrogen-bond donors (Lipinski definition) is 0. The summed E-state index contributed by atoms with van der Waals surface area (Å²) in [6, 6.07) is 2.15. The highest BCUT2D eigenvalue weighted by molar-refractivity contribution is 9.11. The van der Waals surface area contributed by atoms with Gasteiger partial charge in [0.05, 0.1) is 5.69 Å². The summed E-state index contributed by atoms with van der Waals surface area (Å²) in [7, 11) is 4.08. The van der Waals surface area contributed by atoms with Gasteiger partial charge in [-0.1, -0.05) is 0 Å². The van der Waals surface area contributed by atoms with Crippen LogP contribution in [0.25, 0.3) is 0 Å². The molecule has 0 saturated carbocycles. The Labute approximate surface area is 96.4 Å². The minimum Gasteiger partial charge on any atom is -0.376 e. The Kier molecular flexibility index (Phi) is 3.41. The number of rotatable bonds is 1. The van der Waals surface area contributed by atoms with E-state index in [1.807, 2.05) is 14.1 Å². The van der Waals surface area contributed by atoms with Crippen LogP contribution >= 0.6 is 31.9 Å². The van der Waals surface area contributed by atoms with Crippen molar-refractivity contribution in [3.63, 3.8) is 0 Å². The van der Waals surface area contributed by atoms with Crippen LogP contribution in [0.5, 0.6) is 0 Å². The monoisotopic (exact) mass is 305 g/mol. The van der Waals surface area contributed by atoms with Gasteiger partial charge >= 0.3 is 0 Å². The second-order valence-electron chi connectivity index (χ2n) is 3.36. The molecule has 0 aliphatic rings. The topological polar surface area (TPSA) is 3.24 Å². The second kappa shape index (κ2) is 4.01. The van der Waals surface area contributed by atoms with E-state index in [0.29, 0.717) is 0 Å². The quantitative estimate of drug-likeness (QED) is 0.761. The highest BCUT2D eigenvalue weighted by Crippen LogP contribution is 2.37. The fourth-order valence-electron chi connectivity index (χ4n) is 1.23. The van der Waals surface area contributed by atoms with Gasteiger partial charge in [0, 0.05) is 23.0 Å². The summed E-state index contributed by atoms with van der Waals surface area (Å²) in [6.45, 7) is 4.24. The molecule has 0 fully saturated rings. The van der Waals surface area contributed by atoms with Gasteiger partial charge in [-0.15, -0.1) is 0 Å². The van der Waals surface area contributed by atoms with Gasteiger partial charge in [-0.25, -0.2) is 0 Å². The van der Waals surface area contributed by atoms with Crippen molar-refractivity contribution in [1.82, 2.24) is 0 Å². The van der Waals surface area contributed by atoms with Crippen molar-refractivity contribution in [2.24, 2.45) is 0 Å². The normalized spacial score (nSPS) is 10.3. The van der Waals surface area contributed by atoms with E-state index in [1.54, 1.807) is 0 Å². The minimum absolute atomic E-state index is 1.13. The van der Waals surface area contributed by atoms with Gasteiger partial charge in [-0.05, 0) is 62.9 Å². The van der Waals surface area contributed by atoms with Crippen molar-refractivity contribution in [3.05, 3.63) is 26.1 Å². The Morgan fingerprint density at radius 3 is 2.15 bits per heavy atom. The molecule has 0 aliphatic carbocycles. The van der Waals surface area contributed by atoms with Crippen molar-refractivity contribution in [2.75, 3.05) is 19.0 Å². The standard InChI is InChI=1S/C10H13Br2N/c1-6-5-8(11)10(13(3)4)9(12)7(6)2/h5H,1-4H3. The number of benzene rings is 1. The fraction of sp³-hybridized carbons (Fsp3) is 0.400. The molecule has 13 heavy (non-hydrogen) atoms. The molecular formula is C10H13Br2N. The molecule has 0 atom stereocenters. The van der Waals surface area contributed by atoms with E-state index in [4.69, 9.17) is 0 Å². The summed E-state index contributed by atoms with van der Waals surface area (Å²) in [4.78, 5) is 2.10. The van der Waals surface area contributed by atoms with Crippen LogP contribution in [0, 0.1) is 13.8 Å². The van der Waals surface area contributed by atoms with Crippen molar-refractivity contribution >= 4 is 37.5 Å². The average molecular weight is 307 g/mol. The van der Waals surface area contributed by atoms with Crippen LogP contribution in [0.4, 0.5) is 5.69 Å². The van der Waals surface area contributed by atoms with E-state index in [0.717, 1.165) is 4.47 Å². The van der Waals surface area contributed by atoms with Gasteiger partial charge in [0.15, 0.2) is 0 Å². The predicted molar refractivity (Wildman–Crippen MR) is 65.6 cm³/mol. The van der Waals surface area contributed by atoms with E-state index in [9.17, 15) is 0 Å². The number of aryl methyl sites for hydroxylation is 1. The lowest BCUT2D eigenvalue weighted by Crippen LogP contribution is -2.11. The summed E-state index contributed by atoms with van der Waals surface area (Å²) in [5.74, 6) is 0. The Bertz CT molecular complexity index is 332. The number of anilines is 1. The number of hydrogen-bond acceptors (Lipinski definition) is 1. The van der Waals surface area contributed by atoms with Crippen LogP contribution < -0.4 is 4.90 Å². The van der Waals surface area contributed by atoms with Crippen LogP contribution in [0.2, 0.25) is 0 Å². The summed E-state index contributed by atoms with van der Waals surface area (Å²) in [6.07, 6.45) is 0. The molecule has 0 radical (unpaired) electrons. The van der Waals surface area contributed by atoms with Crippen LogP contribution in [0.1, 0.15) is 11.1 Å². The van der Waals surface area contributed by atoms with Gasteiger partial charge in [0.1, 0.15) is 0 Å². The second-order valence-corrected chi connectivity index (χ2v) is 5.00. The Hall–Kier alpha value is -0.0200. The molecule has 0 amide bonds. The molecule has 0 saturated heterocycles. The molecule has 0 aliphatic heterocycles. The van der Waals surface area contributed by atoms with Crippen molar-refractivity contribution in [1.29, 1.82) is 0 Å². The molecule has 0 bridgehead atoms. The van der Waals surface area contributed by atoms with E-state index in [1.165, 1.54) is 21.3 Å². The molecule has 3 heteroatoms. The first-order valence-corrected chi connectivity index (χ1v) is 5.66. The molecule has 1 aromatic carbocycles. The van der Waals surface area contributed by atoms with E-state index >= 15 is 0 Å². The predicted octanol–water partition coefficient (Wildman–Crippen LogP) is 3.89. The molecule has 1 nitrogen and oxygen atoms in total. The summed E-state index contributed by atoms with van der Waals surface area (Å²) < 4.78 is 2.30. The van der Waals surface area contributed by atoms with Gasteiger partial charge in [-0.3, -0.25) is 0 Å². The molecule has 1 rings (SSSR count). The zero-order valence-corrected chi connectivity index (χ0v) is 11.5. The van der Waals surface area contributed by atoms with Crippen LogP contribution in [-0.4, -0.2) is 14.1 Å². The fourth-order valence-corrected chi connectivity index (χ4v) is 3.28. The zero-order valence-electron chi connectivity index (χ0n) is 8.28. The highest BCUT2D eigenvalue weighted by Gasteiger charge is 2.11. The van der Waals surface area contributed by atoms with Gasteiger partial charge in [-0.2, -0.15) is 0 Å². The van der Waals surface area contributed by atoms with Crippen molar-refractivity contribution in [2.45, 2.75) is 13.8 Å². The largest absolute Gasteiger partial charge is 0.376 e. The SMILES string of the molecule is Cc1cc(Br)c(N(C)C)c(Br)c1C. The summed E-state index contributed by atoms with van der Waals surface area (Å²) in [5, 5.41) is 0. The van der Waals surface area contributed by atoms with Crippen molar-refractivity contribution in [3.8, 4) is 0 Å². The Morgan fingerprint density at radius 1 is 1.15 bits per heavy atom. The van der Waals surface area contributed by atoms with E-state index < -0.39 is 0 Å². The first kappa shape index (κ1) is 11.1. The first-order chi connectivity index (χ1) is 5.95. The Balaban J connectivity index is 3.44. The third-order valence-electron chi connectivity index (χ3n) is 2.15. The van der Waals surface area contributed by atoms with E-state index in [2.05, 4.69) is 56.7 Å². The lowest BCUT2D eigenvalue weighted by atomic mass is 10.1. The zero-order chi connectivity index (χ0) is 10.2. The third-order valence-corrected chi connectivity index (χ3v) is 3.72. The number of nitrogens with zero attached hydrogens (tertiary/aromatic N) is 1. The maximum absolute atomic E-state index is 3.61. The lowest BCUT2D eigenvalue weighted by Gasteiger charge is -2.19. The van der Waals surface area contributed by atoms with Crippen molar-refractivity contribution < 1.29 is 0 Å². The Morgan fingerprint density at radius 2 is 1.69 bits per heavy atom. The maximum Gasteiger partial charge on any atom is 0.0652 e. The first-order valence-electron chi connectivity index (χ1n) is 4.07.